The zero-order chi connectivity index (χ0) is 22.8. The van der Waals surface area contributed by atoms with E-state index in [4.69, 9.17) is 28.9 Å². The first-order valence-corrected chi connectivity index (χ1v) is 11.8. The minimum atomic E-state index is -3.63. The summed E-state index contributed by atoms with van der Waals surface area (Å²) in [4.78, 5) is 20.5. The lowest BCUT2D eigenvalue weighted by molar-refractivity contribution is -0.118. The molecule has 2 aromatic carbocycles. The number of anilines is 1. The predicted molar refractivity (Wildman–Crippen MR) is 122 cm³/mol. The van der Waals surface area contributed by atoms with E-state index in [9.17, 15) is 13.2 Å². The number of halogens is 2. The van der Waals surface area contributed by atoms with Crippen LogP contribution < -0.4 is 10.0 Å². The molecule has 1 amide bonds. The summed E-state index contributed by atoms with van der Waals surface area (Å²) in [5.74, 6) is -1.40. The first-order chi connectivity index (χ1) is 14.6. The number of carbonyl (C=O) groups is 1. The molecule has 0 spiro atoms. The Balaban J connectivity index is 1.96. The summed E-state index contributed by atoms with van der Waals surface area (Å²) in [6.07, 6.45) is 4.16. The highest BCUT2D eigenvalue weighted by Gasteiger charge is 2.24. The fourth-order valence-electron chi connectivity index (χ4n) is 3.09. The van der Waals surface area contributed by atoms with E-state index in [1.165, 1.54) is 10.5 Å². The van der Waals surface area contributed by atoms with E-state index in [-0.39, 0.29) is 6.54 Å². The van der Waals surface area contributed by atoms with Gasteiger partial charge in [0.1, 0.15) is 5.92 Å². The Hall–Kier alpha value is -2.68. The van der Waals surface area contributed by atoms with Crippen LogP contribution in [0.4, 0.5) is 5.69 Å². The molecule has 7 nitrogen and oxygen atoms in total. The number of carbonyl (C=O) groups excluding carboxylic acids is 1. The third kappa shape index (κ3) is 5.33. The van der Waals surface area contributed by atoms with Crippen molar-refractivity contribution in [2.45, 2.75) is 19.4 Å². The Morgan fingerprint density at radius 1 is 1.10 bits per heavy atom. The Bertz CT molecular complexity index is 1200. The number of primary amides is 1. The minimum Gasteiger partial charge on any atom is -0.369 e. The topological polar surface area (TPSA) is 106 Å². The monoisotopic (exact) mass is 478 g/mol. The fourth-order valence-corrected chi connectivity index (χ4v) is 4.35. The van der Waals surface area contributed by atoms with Gasteiger partial charge in [-0.1, -0.05) is 47.5 Å². The van der Waals surface area contributed by atoms with E-state index in [0.717, 1.165) is 6.26 Å². The van der Waals surface area contributed by atoms with Crippen molar-refractivity contribution in [3.05, 3.63) is 87.4 Å². The molecular formula is C21H20Cl2N4O3S. The van der Waals surface area contributed by atoms with Crippen LogP contribution in [-0.2, 0) is 21.4 Å². The molecule has 0 aliphatic rings. The van der Waals surface area contributed by atoms with Crippen LogP contribution in [-0.4, -0.2) is 30.5 Å². The maximum atomic E-state index is 12.5. The predicted octanol–water partition coefficient (Wildman–Crippen LogP) is 3.68. The molecular weight excluding hydrogens is 459 g/mol. The van der Waals surface area contributed by atoms with Gasteiger partial charge in [0, 0.05) is 12.4 Å². The van der Waals surface area contributed by atoms with E-state index in [1.54, 1.807) is 55.6 Å². The van der Waals surface area contributed by atoms with Crippen LogP contribution in [0.25, 0.3) is 0 Å². The number of aryl methyl sites for hydroxylation is 1. The van der Waals surface area contributed by atoms with Crippen molar-refractivity contribution in [2.75, 3.05) is 10.6 Å². The Kier molecular flexibility index (Phi) is 6.83. The Morgan fingerprint density at radius 2 is 1.77 bits per heavy atom. The molecule has 162 valence electrons. The van der Waals surface area contributed by atoms with Gasteiger partial charge in [-0.2, -0.15) is 0 Å². The third-order valence-electron chi connectivity index (χ3n) is 4.64. The zero-order valence-corrected chi connectivity index (χ0v) is 19.1. The molecule has 0 saturated heterocycles. The van der Waals surface area contributed by atoms with Crippen LogP contribution in [0, 0.1) is 6.92 Å². The minimum absolute atomic E-state index is 0.000257. The number of amides is 1. The van der Waals surface area contributed by atoms with Crippen LogP contribution in [0.1, 0.15) is 28.4 Å². The lowest BCUT2D eigenvalue weighted by Gasteiger charge is -2.24. The molecule has 1 atom stereocenters. The highest BCUT2D eigenvalue weighted by molar-refractivity contribution is 7.92. The molecule has 1 heterocycles. The van der Waals surface area contributed by atoms with E-state index in [1.807, 2.05) is 0 Å². The van der Waals surface area contributed by atoms with E-state index < -0.39 is 21.8 Å². The first-order valence-electron chi connectivity index (χ1n) is 9.16. The molecule has 10 heteroatoms. The fraction of sp³-hybridized carbons (Fsp3) is 0.190. The van der Waals surface area contributed by atoms with Crippen LogP contribution in [0.3, 0.4) is 0 Å². The van der Waals surface area contributed by atoms with Gasteiger partial charge < -0.3 is 5.73 Å². The van der Waals surface area contributed by atoms with Gasteiger partial charge in [0.2, 0.25) is 15.9 Å². The second-order valence-corrected chi connectivity index (χ2v) is 9.68. The molecule has 0 aliphatic carbocycles. The van der Waals surface area contributed by atoms with E-state index in [0.29, 0.717) is 38.2 Å². The van der Waals surface area contributed by atoms with Crippen molar-refractivity contribution < 1.29 is 13.2 Å². The van der Waals surface area contributed by atoms with Crippen molar-refractivity contribution in [3.63, 3.8) is 0 Å². The summed E-state index contributed by atoms with van der Waals surface area (Å²) in [6.45, 7) is 1.79. The number of benzene rings is 2. The van der Waals surface area contributed by atoms with Crippen LogP contribution in [0.15, 0.2) is 54.9 Å². The molecule has 1 unspecified atom stereocenters. The molecule has 0 fully saturated rings. The van der Waals surface area contributed by atoms with Gasteiger partial charge in [-0.05, 0) is 36.2 Å². The average molecular weight is 479 g/mol. The highest BCUT2D eigenvalue weighted by Crippen LogP contribution is 2.30. The summed E-state index contributed by atoms with van der Waals surface area (Å²) in [5.41, 5.74) is 8.27. The summed E-state index contributed by atoms with van der Waals surface area (Å²) >= 11 is 12.3. The van der Waals surface area contributed by atoms with Crippen molar-refractivity contribution >= 4 is 44.8 Å². The summed E-state index contributed by atoms with van der Waals surface area (Å²) < 4.78 is 26.1. The standard InChI is InChI=1S/C21H20Cl2N4O3S/c1-13-10-26-18(11-25-13)19(21(24)28)14-6-8-16(9-7-14)27(31(2,29)30)12-15-4-3-5-17(22)20(15)23/h3-11,19H,12H2,1-2H3,(H2,24,28). The molecule has 31 heavy (non-hydrogen) atoms. The van der Waals surface area contributed by atoms with Gasteiger partial charge in [-0.3, -0.25) is 19.1 Å². The normalized spacial score (nSPS) is 12.4. The summed E-state index contributed by atoms with van der Waals surface area (Å²) in [7, 11) is -3.63. The van der Waals surface area contributed by atoms with E-state index >= 15 is 0 Å². The van der Waals surface area contributed by atoms with Crippen LogP contribution in [0.2, 0.25) is 10.0 Å². The summed E-state index contributed by atoms with van der Waals surface area (Å²) in [6, 6.07) is 11.5. The smallest absolute Gasteiger partial charge is 0.232 e. The Labute approximate surface area is 190 Å². The quantitative estimate of drug-likeness (QED) is 0.557. The maximum absolute atomic E-state index is 12.5. The maximum Gasteiger partial charge on any atom is 0.232 e. The summed E-state index contributed by atoms with van der Waals surface area (Å²) in [5, 5.41) is 0.632. The van der Waals surface area contributed by atoms with Gasteiger partial charge in [0.25, 0.3) is 0 Å². The number of sulfonamides is 1. The van der Waals surface area contributed by atoms with Gasteiger partial charge in [0.05, 0.1) is 39.9 Å². The second kappa shape index (κ2) is 9.21. The number of nitrogens with zero attached hydrogens (tertiary/aromatic N) is 3. The molecule has 3 aromatic rings. The van der Waals surface area contributed by atoms with Crippen LogP contribution in [0.5, 0.6) is 0 Å². The molecule has 1 aromatic heterocycles. The van der Waals surface area contributed by atoms with Crippen LogP contribution >= 0.6 is 23.2 Å². The molecule has 0 aliphatic heterocycles. The van der Waals surface area contributed by atoms with E-state index in [2.05, 4.69) is 9.97 Å². The SMILES string of the molecule is Cc1cnc(C(C(N)=O)c2ccc(N(Cc3cccc(Cl)c3Cl)S(C)(=O)=O)cc2)cn1. The first kappa shape index (κ1) is 23.0. The van der Waals surface area contributed by atoms with Crippen molar-refractivity contribution in [2.24, 2.45) is 5.73 Å². The van der Waals surface area contributed by atoms with Crippen molar-refractivity contribution in [1.82, 2.24) is 9.97 Å². The number of aromatic nitrogens is 2. The molecule has 0 radical (unpaired) electrons. The highest BCUT2D eigenvalue weighted by atomic mass is 35.5. The van der Waals surface area contributed by atoms with Gasteiger partial charge in [-0.15, -0.1) is 0 Å². The average Bonchev–Trinajstić information content (AvgIpc) is 2.70. The van der Waals surface area contributed by atoms with Gasteiger partial charge in [-0.25, -0.2) is 8.42 Å². The molecule has 0 bridgehead atoms. The Morgan fingerprint density at radius 3 is 2.32 bits per heavy atom. The number of rotatable bonds is 7. The number of hydrogen-bond acceptors (Lipinski definition) is 5. The number of hydrogen-bond donors (Lipinski definition) is 1. The molecule has 3 rings (SSSR count). The van der Waals surface area contributed by atoms with Gasteiger partial charge in [0.15, 0.2) is 0 Å². The van der Waals surface area contributed by atoms with Crippen molar-refractivity contribution in [1.29, 1.82) is 0 Å². The molecule has 2 N–H and O–H groups in total. The molecule has 0 saturated carbocycles. The van der Waals surface area contributed by atoms with Gasteiger partial charge >= 0.3 is 0 Å². The second-order valence-electron chi connectivity index (χ2n) is 6.99. The lowest BCUT2D eigenvalue weighted by Crippen LogP contribution is -2.29. The third-order valence-corrected chi connectivity index (χ3v) is 6.64. The van der Waals surface area contributed by atoms with Crippen molar-refractivity contribution in [3.8, 4) is 0 Å². The number of nitrogens with two attached hydrogens (primary N) is 1. The zero-order valence-electron chi connectivity index (χ0n) is 16.8. The largest absolute Gasteiger partial charge is 0.369 e. The lowest BCUT2D eigenvalue weighted by atomic mass is 9.95.